The third-order valence-electron chi connectivity index (χ3n) is 7.90. The van der Waals surface area contributed by atoms with Gasteiger partial charge in [0.25, 0.3) is 11.8 Å². The molecular formula is C36H39F4N3O2S. The van der Waals surface area contributed by atoms with Crippen LogP contribution in [0.15, 0.2) is 89.4 Å². The zero-order valence-corrected chi connectivity index (χ0v) is 27.3. The molecule has 1 aromatic heterocycles. The summed E-state index contributed by atoms with van der Waals surface area (Å²) in [6, 6.07) is 14.0. The number of nitrogens with zero attached hydrogens (tertiary/aromatic N) is 2. The molecule has 10 heteroatoms. The monoisotopic (exact) mass is 653 g/mol. The Hall–Kier alpha value is -4.05. The summed E-state index contributed by atoms with van der Waals surface area (Å²) in [5, 5.41) is 5.81. The van der Waals surface area contributed by atoms with E-state index in [1.165, 1.54) is 35.6 Å². The molecule has 0 atom stereocenters. The maximum atomic E-state index is 13.2. The summed E-state index contributed by atoms with van der Waals surface area (Å²) in [7, 11) is 0. The number of hydrogen-bond acceptors (Lipinski definition) is 4. The number of amides is 2. The minimum atomic E-state index is -4.19. The van der Waals surface area contributed by atoms with Crippen LogP contribution < -0.4 is 5.32 Å². The number of likely N-dealkylation sites (tertiary alicyclic amines) is 1. The summed E-state index contributed by atoms with van der Waals surface area (Å²) in [5.41, 5.74) is 2.98. The highest BCUT2D eigenvalue weighted by Crippen LogP contribution is 2.32. The lowest BCUT2D eigenvalue weighted by Crippen LogP contribution is -2.45. The van der Waals surface area contributed by atoms with Crippen LogP contribution in [0.5, 0.6) is 0 Å². The predicted molar refractivity (Wildman–Crippen MR) is 174 cm³/mol. The number of carbonyl (C=O) groups excluding carboxylic acids is 2. The average molecular weight is 654 g/mol. The molecule has 1 saturated heterocycles. The van der Waals surface area contributed by atoms with Crippen LogP contribution >= 0.6 is 11.3 Å². The second-order valence-corrected chi connectivity index (χ2v) is 13.2. The van der Waals surface area contributed by atoms with Gasteiger partial charge in [-0.3, -0.25) is 9.59 Å². The molecule has 0 unspecified atom stereocenters. The molecule has 46 heavy (non-hydrogen) atoms. The van der Waals surface area contributed by atoms with Gasteiger partial charge in [0.15, 0.2) is 0 Å². The molecule has 0 saturated carbocycles. The van der Waals surface area contributed by atoms with E-state index >= 15 is 0 Å². The van der Waals surface area contributed by atoms with Gasteiger partial charge in [-0.2, -0.15) is 13.2 Å². The standard InChI is InChI=1S/C27H30FN3O2S.C9H9F3/c1-18-6-4-5-7-22(18)26(33)31-14-12-20(13-15-31)25-29-23(17-34-25)24(32)30-27(2,3)16-19-8-10-21(28)11-9-19;1-7-3-2-4-8(6-5-7)9(10,11)12/h4-11,17,20H,12-16H2,1-3H3,(H,30,32);2-3,5-6H,4H2,1H3. The number of rotatable bonds is 6. The molecule has 3 aromatic rings. The lowest BCUT2D eigenvalue weighted by Gasteiger charge is -2.31. The Labute approximate surface area is 271 Å². The number of nitrogens with one attached hydrogen (secondary N) is 1. The van der Waals surface area contributed by atoms with Crippen molar-refractivity contribution in [2.45, 2.75) is 71.0 Å². The van der Waals surface area contributed by atoms with E-state index in [4.69, 9.17) is 0 Å². The first-order valence-corrected chi connectivity index (χ1v) is 16.1. The van der Waals surface area contributed by atoms with Crippen molar-refractivity contribution in [3.63, 3.8) is 0 Å². The number of aromatic nitrogens is 1. The number of benzene rings is 2. The number of piperidine rings is 1. The summed E-state index contributed by atoms with van der Waals surface area (Å²) in [6.45, 7) is 8.99. The molecule has 5 nitrogen and oxygen atoms in total. The highest BCUT2D eigenvalue weighted by Gasteiger charge is 2.32. The Morgan fingerprint density at radius 1 is 1.00 bits per heavy atom. The van der Waals surface area contributed by atoms with Gasteiger partial charge in [0.1, 0.15) is 11.5 Å². The number of aryl methyl sites for hydroxylation is 1. The Morgan fingerprint density at radius 2 is 1.67 bits per heavy atom. The third kappa shape index (κ3) is 9.72. The largest absolute Gasteiger partial charge is 0.412 e. The average Bonchev–Trinajstić information content (AvgIpc) is 3.39. The number of thiazole rings is 1. The van der Waals surface area contributed by atoms with Crippen LogP contribution in [0.4, 0.5) is 17.6 Å². The fraction of sp³-hybridized carbons (Fsp3) is 0.361. The molecule has 0 spiro atoms. The Kier molecular flexibility index (Phi) is 11.4. The van der Waals surface area contributed by atoms with Crippen molar-refractivity contribution in [1.82, 2.24) is 15.2 Å². The zero-order valence-electron chi connectivity index (χ0n) is 26.5. The molecule has 2 heterocycles. The molecule has 2 amide bonds. The second kappa shape index (κ2) is 15.0. The molecule has 2 aliphatic rings. The van der Waals surface area contributed by atoms with Gasteiger partial charge in [-0.1, -0.05) is 60.2 Å². The van der Waals surface area contributed by atoms with Crippen molar-refractivity contribution < 1.29 is 27.2 Å². The first-order valence-electron chi connectivity index (χ1n) is 15.2. The van der Waals surface area contributed by atoms with Crippen LogP contribution in [-0.4, -0.2) is 46.5 Å². The molecular weight excluding hydrogens is 614 g/mol. The summed E-state index contributed by atoms with van der Waals surface area (Å²) < 4.78 is 49.5. The first kappa shape index (κ1) is 34.8. The van der Waals surface area contributed by atoms with Crippen molar-refractivity contribution >= 4 is 23.2 Å². The molecule has 1 aliphatic heterocycles. The molecule has 0 bridgehead atoms. The second-order valence-electron chi connectivity index (χ2n) is 12.3. The van der Waals surface area contributed by atoms with Crippen molar-refractivity contribution in [2.24, 2.45) is 0 Å². The van der Waals surface area contributed by atoms with E-state index in [0.29, 0.717) is 25.2 Å². The normalized spacial score (nSPS) is 15.7. The minimum Gasteiger partial charge on any atom is -0.345 e. The fourth-order valence-electron chi connectivity index (χ4n) is 5.36. The SMILES string of the molecule is CC1=CC=C(C(F)(F)F)CC=C1.Cc1ccccc1C(=O)N1CCC(c2nc(C(=O)NC(C)(C)Cc3ccc(F)cc3)cs2)CC1. The van der Waals surface area contributed by atoms with Crippen molar-refractivity contribution in [3.05, 3.63) is 123 Å². The third-order valence-corrected chi connectivity index (χ3v) is 8.91. The Morgan fingerprint density at radius 3 is 2.33 bits per heavy atom. The summed E-state index contributed by atoms with van der Waals surface area (Å²) in [5.74, 6) is -0.147. The van der Waals surface area contributed by atoms with Crippen LogP contribution in [0.2, 0.25) is 0 Å². The summed E-state index contributed by atoms with van der Waals surface area (Å²) in [4.78, 5) is 32.3. The van der Waals surface area contributed by atoms with Crippen LogP contribution in [0.1, 0.15) is 82.9 Å². The highest BCUT2D eigenvalue weighted by molar-refractivity contribution is 7.09. The predicted octanol–water partition coefficient (Wildman–Crippen LogP) is 8.74. The van der Waals surface area contributed by atoms with E-state index in [1.807, 2.05) is 55.3 Å². The molecule has 1 aliphatic carbocycles. The topological polar surface area (TPSA) is 62.3 Å². The van der Waals surface area contributed by atoms with Crippen molar-refractivity contribution in [1.29, 1.82) is 0 Å². The van der Waals surface area contributed by atoms with Crippen molar-refractivity contribution in [3.8, 4) is 0 Å². The quantitative estimate of drug-likeness (QED) is 0.271. The van der Waals surface area contributed by atoms with Gasteiger partial charge < -0.3 is 10.2 Å². The van der Waals surface area contributed by atoms with E-state index in [0.717, 1.165) is 46.2 Å². The number of allylic oxidation sites excluding steroid dienone is 6. The molecule has 5 rings (SSSR count). The molecule has 1 N–H and O–H groups in total. The molecule has 1 fully saturated rings. The molecule has 2 aromatic carbocycles. The van der Waals surface area contributed by atoms with Gasteiger partial charge in [-0.15, -0.1) is 11.3 Å². The van der Waals surface area contributed by atoms with Gasteiger partial charge in [0.05, 0.1) is 5.01 Å². The highest BCUT2D eigenvalue weighted by atomic mass is 32.1. The number of carbonyl (C=O) groups is 2. The van der Waals surface area contributed by atoms with Crippen LogP contribution in [0.25, 0.3) is 0 Å². The van der Waals surface area contributed by atoms with Gasteiger partial charge in [-0.25, -0.2) is 9.37 Å². The fourth-order valence-corrected chi connectivity index (χ4v) is 6.33. The lowest BCUT2D eigenvalue weighted by atomic mass is 9.94. The van der Waals surface area contributed by atoms with Crippen molar-refractivity contribution in [2.75, 3.05) is 13.1 Å². The minimum absolute atomic E-state index is 0.0304. The smallest absolute Gasteiger partial charge is 0.345 e. The van der Waals surface area contributed by atoms with Crippen LogP contribution in [0.3, 0.4) is 0 Å². The summed E-state index contributed by atoms with van der Waals surface area (Å²) >= 11 is 1.51. The number of halogens is 4. The lowest BCUT2D eigenvalue weighted by molar-refractivity contribution is -0.0928. The molecule has 0 radical (unpaired) electrons. The maximum absolute atomic E-state index is 13.2. The van der Waals surface area contributed by atoms with E-state index in [-0.39, 0.29) is 30.0 Å². The maximum Gasteiger partial charge on any atom is 0.412 e. The van der Waals surface area contributed by atoms with Gasteiger partial charge in [-0.05, 0) is 82.7 Å². The van der Waals surface area contributed by atoms with E-state index in [1.54, 1.807) is 25.1 Å². The van der Waals surface area contributed by atoms with E-state index in [9.17, 15) is 27.2 Å². The molecule has 244 valence electrons. The van der Waals surface area contributed by atoms with Crippen LogP contribution in [0, 0.1) is 12.7 Å². The van der Waals surface area contributed by atoms with Gasteiger partial charge in [0.2, 0.25) is 0 Å². The zero-order chi connectivity index (χ0) is 33.5. The first-order chi connectivity index (χ1) is 21.7. The van der Waals surface area contributed by atoms with E-state index in [2.05, 4.69) is 10.3 Å². The van der Waals surface area contributed by atoms with Crippen LogP contribution in [-0.2, 0) is 6.42 Å². The number of hydrogen-bond donors (Lipinski definition) is 1. The van der Waals surface area contributed by atoms with Gasteiger partial charge in [0, 0.05) is 41.1 Å². The van der Waals surface area contributed by atoms with Gasteiger partial charge >= 0.3 is 6.18 Å². The van der Waals surface area contributed by atoms with E-state index < -0.39 is 17.3 Å². The number of alkyl halides is 3. The summed E-state index contributed by atoms with van der Waals surface area (Å²) in [6.07, 6.45) is 3.87. The Bertz CT molecular complexity index is 1610. The Balaban J connectivity index is 0.000000337.